The van der Waals surface area contributed by atoms with E-state index < -0.39 is 28.1 Å². The molecule has 0 amide bonds. The van der Waals surface area contributed by atoms with Crippen molar-refractivity contribution in [2.75, 3.05) is 6.61 Å². The zero-order valence-electron chi connectivity index (χ0n) is 19.4. The van der Waals surface area contributed by atoms with Crippen LogP contribution in [-0.4, -0.2) is 45.8 Å². The predicted octanol–water partition coefficient (Wildman–Crippen LogP) is 4.99. The van der Waals surface area contributed by atoms with Crippen molar-refractivity contribution >= 4 is 22.4 Å². The SMILES string of the molecule is CC(C)(C)OC(=O)C[C@@H](CC#C[Si](C)(C)C)[C@@H](CO)O[Si](C)(C)C(C)(C)C. The lowest BCUT2D eigenvalue weighted by Gasteiger charge is -2.40. The van der Waals surface area contributed by atoms with Crippen LogP contribution in [0.15, 0.2) is 0 Å². The molecule has 0 radical (unpaired) electrons. The topological polar surface area (TPSA) is 55.8 Å². The third-order valence-electron chi connectivity index (χ3n) is 4.63. The monoisotopic (exact) mass is 414 g/mol. The van der Waals surface area contributed by atoms with Gasteiger partial charge in [0.2, 0.25) is 0 Å². The minimum absolute atomic E-state index is 0.0287. The lowest BCUT2D eigenvalue weighted by molar-refractivity contribution is -0.157. The van der Waals surface area contributed by atoms with Crippen LogP contribution in [0.1, 0.15) is 54.4 Å². The molecule has 0 aromatic rings. The Balaban J connectivity index is 5.50. The third kappa shape index (κ3) is 11.1. The van der Waals surface area contributed by atoms with Gasteiger partial charge in [0.15, 0.2) is 8.32 Å². The highest BCUT2D eigenvalue weighted by Crippen LogP contribution is 2.38. The first-order valence-electron chi connectivity index (χ1n) is 9.88. The van der Waals surface area contributed by atoms with Gasteiger partial charge < -0.3 is 14.3 Å². The molecule has 0 rings (SSSR count). The molecular formula is C21H42O4Si2. The number of esters is 1. The van der Waals surface area contributed by atoms with Crippen LogP contribution >= 0.6 is 0 Å². The van der Waals surface area contributed by atoms with Gasteiger partial charge in [-0.3, -0.25) is 4.79 Å². The van der Waals surface area contributed by atoms with Crippen LogP contribution in [0.25, 0.3) is 0 Å². The summed E-state index contributed by atoms with van der Waals surface area (Å²) in [5, 5.41) is 10.1. The van der Waals surface area contributed by atoms with E-state index in [9.17, 15) is 9.90 Å². The molecule has 0 fully saturated rings. The fraction of sp³-hybridized carbons (Fsp3) is 0.857. The molecule has 0 aromatic carbocycles. The molecule has 0 saturated heterocycles. The lowest BCUT2D eigenvalue weighted by Crippen LogP contribution is -2.47. The number of ether oxygens (including phenoxy) is 1. The van der Waals surface area contributed by atoms with Crippen molar-refractivity contribution in [2.24, 2.45) is 5.92 Å². The van der Waals surface area contributed by atoms with Crippen LogP contribution < -0.4 is 0 Å². The Bertz CT molecular complexity index is 540. The standard InChI is InChI=1S/C21H42O4Si2/c1-20(2,3)24-19(23)15-17(13-12-14-26(7,8)9)18(16-22)25-27(10,11)21(4,5)6/h17-18,22H,13,15-16H2,1-11H3/t17-,18-/m1/s1. The molecule has 1 N–H and O–H groups in total. The van der Waals surface area contributed by atoms with Gasteiger partial charge in [0.05, 0.1) is 19.1 Å². The Morgan fingerprint density at radius 1 is 1.04 bits per heavy atom. The number of carbonyl (C=O) groups is 1. The number of rotatable bonds is 7. The summed E-state index contributed by atoms with van der Waals surface area (Å²) in [6, 6.07) is 0. The molecule has 0 aliphatic rings. The normalized spacial score (nSPS) is 15.6. The first-order chi connectivity index (χ1) is 11.9. The zero-order chi connectivity index (χ0) is 21.7. The molecule has 158 valence electrons. The van der Waals surface area contributed by atoms with Gasteiger partial charge in [-0.25, -0.2) is 0 Å². The van der Waals surface area contributed by atoms with Crippen molar-refractivity contribution < 1.29 is 19.1 Å². The molecule has 2 atom stereocenters. The van der Waals surface area contributed by atoms with Crippen LogP contribution in [0.2, 0.25) is 37.8 Å². The van der Waals surface area contributed by atoms with E-state index in [1.807, 2.05) is 20.8 Å². The molecule has 27 heavy (non-hydrogen) atoms. The van der Waals surface area contributed by atoms with E-state index in [-0.39, 0.29) is 30.0 Å². The maximum atomic E-state index is 12.4. The summed E-state index contributed by atoms with van der Waals surface area (Å²) in [4.78, 5) is 12.4. The molecule has 0 saturated carbocycles. The van der Waals surface area contributed by atoms with E-state index in [1.165, 1.54) is 0 Å². The largest absolute Gasteiger partial charge is 0.460 e. The Labute approximate surface area is 169 Å². The average Bonchev–Trinajstić information content (AvgIpc) is 2.39. The van der Waals surface area contributed by atoms with Crippen LogP contribution in [0.4, 0.5) is 0 Å². The number of hydrogen-bond acceptors (Lipinski definition) is 4. The Morgan fingerprint density at radius 2 is 1.56 bits per heavy atom. The van der Waals surface area contributed by atoms with Crippen LogP contribution in [0.3, 0.4) is 0 Å². The molecule has 0 spiro atoms. The van der Waals surface area contributed by atoms with Crippen molar-refractivity contribution in [3.8, 4) is 11.5 Å². The van der Waals surface area contributed by atoms with Gasteiger partial charge in [-0.15, -0.1) is 11.5 Å². The quantitative estimate of drug-likeness (QED) is 0.362. The van der Waals surface area contributed by atoms with Gasteiger partial charge >= 0.3 is 5.97 Å². The summed E-state index contributed by atoms with van der Waals surface area (Å²) in [6.07, 6.45) is 0.329. The van der Waals surface area contributed by atoms with Crippen LogP contribution in [-0.2, 0) is 14.0 Å². The molecule has 0 heterocycles. The van der Waals surface area contributed by atoms with Crippen molar-refractivity contribution in [2.45, 2.75) is 104 Å². The summed E-state index contributed by atoms with van der Waals surface area (Å²) < 4.78 is 12.0. The molecule has 0 unspecified atom stereocenters. The van der Waals surface area contributed by atoms with Gasteiger partial charge in [0.1, 0.15) is 13.7 Å². The number of aliphatic hydroxyl groups is 1. The van der Waals surface area contributed by atoms with E-state index in [0.29, 0.717) is 6.42 Å². The first kappa shape index (κ1) is 26.4. The minimum atomic E-state index is -2.08. The summed E-state index contributed by atoms with van der Waals surface area (Å²) in [5.41, 5.74) is 2.83. The molecular weight excluding hydrogens is 372 g/mol. The average molecular weight is 415 g/mol. The highest BCUT2D eigenvalue weighted by molar-refractivity contribution is 6.83. The second kappa shape index (κ2) is 9.73. The van der Waals surface area contributed by atoms with E-state index in [1.54, 1.807) is 0 Å². The molecule has 0 aliphatic heterocycles. The van der Waals surface area contributed by atoms with E-state index >= 15 is 0 Å². The van der Waals surface area contributed by atoms with Gasteiger partial charge in [-0.05, 0) is 38.9 Å². The van der Waals surface area contributed by atoms with E-state index in [4.69, 9.17) is 9.16 Å². The van der Waals surface area contributed by atoms with E-state index in [0.717, 1.165) is 0 Å². The molecule has 4 nitrogen and oxygen atoms in total. The highest BCUT2D eigenvalue weighted by Gasteiger charge is 2.41. The zero-order valence-corrected chi connectivity index (χ0v) is 21.4. The Kier molecular flexibility index (Phi) is 9.51. The lowest BCUT2D eigenvalue weighted by atomic mass is 9.95. The Morgan fingerprint density at radius 3 is 1.93 bits per heavy atom. The van der Waals surface area contributed by atoms with E-state index in [2.05, 4.69) is 65.0 Å². The first-order valence-corrected chi connectivity index (χ1v) is 16.3. The van der Waals surface area contributed by atoms with Gasteiger partial charge in [-0.1, -0.05) is 40.4 Å². The maximum Gasteiger partial charge on any atom is 0.306 e. The number of carbonyl (C=O) groups excluding carboxylic acids is 1. The highest BCUT2D eigenvalue weighted by atomic mass is 28.4. The number of hydrogen-bond donors (Lipinski definition) is 1. The molecule has 0 aromatic heterocycles. The summed E-state index contributed by atoms with van der Waals surface area (Å²) >= 11 is 0. The van der Waals surface area contributed by atoms with Crippen LogP contribution in [0.5, 0.6) is 0 Å². The minimum Gasteiger partial charge on any atom is -0.460 e. The fourth-order valence-corrected chi connectivity index (χ4v) is 4.23. The van der Waals surface area contributed by atoms with Crippen molar-refractivity contribution in [3.05, 3.63) is 0 Å². The van der Waals surface area contributed by atoms with Gasteiger partial charge in [0, 0.05) is 12.3 Å². The van der Waals surface area contributed by atoms with Crippen LogP contribution in [0, 0.1) is 17.4 Å². The van der Waals surface area contributed by atoms with Crippen molar-refractivity contribution in [1.29, 1.82) is 0 Å². The second-order valence-electron chi connectivity index (χ2n) is 10.9. The molecule has 0 aliphatic carbocycles. The second-order valence-corrected chi connectivity index (χ2v) is 20.4. The van der Waals surface area contributed by atoms with Gasteiger partial charge in [-0.2, -0.15) is 0 Å². The third-order valence-corrected chi connectivity index (χ3v) is 10.1. The summed E-state index contributed by atoms with van der Waals surface area (Å²) in [5.74, 6) is 2.82. The summed E-state index contributed by atoms with van der Waals surface area (Å²) in [6.45, 7) is 22.9. The predicted molar refractivity (Wildman–Crippen MR) is 119 cm³/mol. The molecule has 6 heteroatoms. The molecule has 0 bridgehead atoms. The summed E-state index contributed by atoms with van der Waals surface area (Å²) in [7, 11) is -3.57. The smallest absolute Gasteiger partial charge is 0.306 e. The van der Waals surface area contributed by atoms with Gasteiger partial charge in [0.25, 0.3) is 0 Å². The fourth-order valence-electron chi connectivity index (χ4n) is 2.22. The number of aliphatic hydroxyl groups excluding tert-OH is 1. The van der Waals surface area contributed by atoms with Crippen molar-refractivity contribution in [1.82, 2.24) is 0 Å². The maximum absolute atomic E-state index is 12.4. The Hall–Kier alpha value is -0.616. The van der Waals surface area contributed by atoms with Crippen molar-refractivity contribution in [3.63, 3.8) is 0 Å².